The molecule has 2 aromatic heterocycles. The normalized spacial score (nSPS) is 21.8. The molecule has 1 unspecified atom stereocenters. The summed E-state index contributed by atoms with van der Waals surface area (Å²) in [6, 6.07) is 6.15. The first-order valence-corrected chi connectivity index (χ1v) is 12.3. The van der Waals surface area contributed by atoms with Gasteiger partial charge in [0.05, 0.1) is 35.1 Å². The van der Waals surface area contributed by atoms with E-state index in [9.17, 15) is 10.1 Å². The molecule has 4 heterocycles. The van der Waals surface area contributed by atoms with Crippen LogP contribution in [0.3, 0.4) is 0 Å². The van der Waals surface area contributed by atoms with E-state index in [2.05, 4.69) is 43.6 Å². The van der Waals surface area contributed by atoms with Crippen molar-refractivity contribution < 1.29 is 9.53 Å². The van der Waals surface area contributed by atoms with Gasteiger partial charge in [-0.15, -0.1) is 0 Å². The van der Waals surface area contributed by atoms with E-state index in [4.69, 9.17) is 9.72 Å². The smallest absolute Gasteiger partial charge is 0.255 e. The highest BCUT2D eigenvalue weighted by Crippen LogP contribution is 2.46. The van der Waals surface area contributed by atoms with E-state index in [1.165, 1.54) is 0 Å². The maximum atomic E-state index is 13.3. The van der Waals surface area contributed by atoms with Gasteiger partial charge >= 0.3 is 0 Å². The molecule has 2 aromatic rings. The Balaban J connectivity index is 1.50. The molecule has 0 N–H and O–H groups in total. The van der Waals surface area contributed by atoms with Gasteiger partial charge in [0.1, 0.15) is 11.9 Å². The second kappa shape index (κ2) is 8.66. The lowest BCUT2D eigenvalue weighted by molar-refractivity contribution is -0.0407. The van der Waals surface area contributed by atoms with Crippen molar-refractivity contribution in [2.45, 2.75) is 71.1 Å². The summed E-state index contributed by atoms with van der Waals surface area (Å²) in [6.45, 7) is 10.9. The van der Waals surface area contributed by atoms with Gasteiger partial charge < -0.3 is 14.5 Å². The first kappa shape index (κ1) is 22.8. The number of anilines is 1. The van der Waals surface area contributed by atoms with Gasteiger partial charge in [-0.2, -0.15) is 5.26 Å². The molecular formula is C27H33N5O2. The number of carbonyl (C=O) groups is 1. The minimum Gasteiger partial charge on any atom is -0.370 e. The molecule has 5 rings (SSSR count). The summed E-state index contributed by atoms with van der Waals surface area (Å²) in [5.74, 6) is 1.55. The highest BCUT2D eigenvalue weighted by atomic mass is 16.5. The Morgan fingerprint density at radius 3 is 2.71 bits per heavy atom. The zero-order valence-corrected chi connectivity index (χ0v) is 20.5. The number of carbonyl (C=O) groups excluding carboxylic acids is 1. The molecule has 7 heteroatoms. The number of rotatable bonds is 4. The Hall–Kier alpha value is -2.98. The molecule has 2 fully saturated rings. The van der Waals surface area contributed by atoms with Gasteiger partial charge in [0, 0.05) is 49.9 Å². The molecule has 0 aromatic carbocycles. The number of hydrogen-bond acceptors (Lipinski definition) is 6. The SMILES string of the molecule is CC(C)C1CN(c2nc(C3CC3)c3c(c2C#N)CC(C)(C)OC3)CCN1C(=O)c1cccnc1. The number of nitrogens with zero attached hydrogens (tertiary/aromatic N) is 5. The molecule has 2 aliphatic heterocycles. The summed E-state index contributed by atoms with van der Waals surface area (Å²) in [7, 11) is 0. The standard InChI is InChI=1S/C27H33N5O2/c1-17(2)23-15-31(10-11-32(23)26(33)19-6-5-9-29-14-19)25-21(13-28)20-12-27(3,4)34-16-22(20)24(30-25)18-7-8-18/h5-6,9,14,17-18,23H,7-8,10-12,15-16H2,1-4H3. The largest absolute Gasteiger partial charge is 0.370 e. The molecule has 1 saturated heterocycles. The topological polar surface area (TPSA) is 82.4 Å². The second-order valence-electron chi connectivity index (χ2n) is 10.8. The predicted octanol–water partition coefficient (Wildman–Crippen LogP) is 4.06. The molecule has 1 amide bonds. The van der Waals surface area contributed by atoms with Crippen molar-refractivity contribution in [2.75, 3.05) is 24.5 Å². The molecule has 0 radical (unpaired) electrons. The lowest BCUT2D eigenvalue weighted by atomic mass is 9.87. The fraction of sp³-hybridized carbons (Fsp3) is 0.556. The van der Waals surface area contributed by atoms with Gasteiger partial charge in [-0.3, -0.25) is 9.78 Å². The molecule has 1 atom stereocenters. The Bertz CT molecular complexity index is 1130. The lowest BCUT2D eigenvalue weighted by Gasteiger charge is -2.44. The molecule has 1 aliphatic carbocycles. The summed E-state index contributed by atoms with van der Waals surface area (Å²) < 4.78 is 6.11. The van der Waals surface area contributed by atoms with Crippen LogP contribution in [0.4, 0.5) is 5.82 Å². The monoisotopic (exact) mass is 459 g/mol. The van der Waals surface area contributed by atoms with Crippen LogP contribution in [0, 0.1) is 17.2 Å². The van der Waals surface area contributed by atoms with E-state index in [-0.39, 0.29) is 23.5 Å². The van der Waals surface area contributed by atoms with Crippen molar-refractivity contribution in [1.29, 1.82) is 5.26 Å². The molecule has 1 saturated carbocycles. The van der Waals surface area contributed by atoms with Crippen LogP contribution in [0.25, 0.3) is 0 Å². The number of nitriles is 1. The molecule has 0 bridgehead atoms. The average Bonchev–Trinajstić information content (AvgIpc) is 3.67. The summed E-state index contributed by atoms with van der Waals surface area (Å²) in [5, 5.41) is 10.3. The Labute approximate surface area is 201 Å². The van der Waals surface area contributed by atoms with Crippen molar-refractivity contribution in [3.8, 4) is 6.07 Å². The number of piperazine rings is 1. The molecule has 0 spiro atoms. The average molecular weight is 460 g/mol. The Kier molecular flexibility index (Phi) is 5.81. The van der Waals surface area contributed by atoms with Crippen LogP contribution in [0.1, 0.15) is 79.2 Å². The van der Waals surface area contributed by atoms with Crippen molar-refractivity contribution in [3.05, 3.63) is 52.5 Å². The quantitative estimate of drug-likeness (QED) is 0.686. The highest BCUT2D eigenvalue weighted by Gasteiger charge is 2.39. The minimum absolute atomic E-state index is 0.0166. The van der Waals surface area contributed by atoms with E-state index >= 15 is 0 Å². The maximum absolute atomic E-state index is 13.3. The van der Waals surface area contributed by atoms with Crippen LogP contribution >= 0.6 is 0 Å². The molecule has 178 valence electrons. The van der Waals surface area contributed by atoms with Crippen molar-refractivity contribution in [2.24, 2.45) is 5.92 Å². The van der Waals surface area contributed by atoms with Crippen molar-refractivity contribution in [1.82, 2.24) is 14.9 Å². The summed E-state index contributed by atoms with van der Waals surface area (Å²) in [6.07, 6.45) is 6.33. The third-order valence-electron chi connectivity index (χ3n) is 7.37. The fourth-order valence-corrected chi connectivity index (χ4v) is 5.30. The number of aromatic nitrogens is 2. The third kappa shape index (κ3) is 4.16. The van der Waals surface area contributed by atoms with Gasteiger partial charge in [-0.05, 0) is 50.3 Å². The predicted molar refractivity (Wildman–Crippen MR) is 130 cm³/mol. The second-order valence-corrected chi connectivity index (χ2v) is 10.8. The number of fused-ring (bicyclic) bond motifs is 1. The van der Waals surface area contributed by atoms with Gasteiger partial charge in [0.15, 0.2) is 0 Å². The van der Waals surface area contributed by atoms with Crippen molar-refractivity contribution >= 4 is 11.7 Å². The van der Waals surface area contributed by atoms with Crippen LogP contribution in [-0.2, 0) is 17.8 Å². The van der Waals surface area contributed by atoms with E-state index in [0.29, 0.717) is 49.7 Å². The number of pyridine rings is 2. The minimum atomic E-state index is -0.298. The summed E-state index contributed by atoms with van der Waals surface area (Å²) in [5.41, 5.74) is 4.37. The summed E-state index contributed by atoms with van der Waals surface area (Å²) in [4.78, 5) is 26.7. The van der Waals surface area contributed by atoms with Crippen LogP contribution in [-0.4, -0.2) is 52.1 Å². The van der Waals surface area contributed by atoms with Crippen LogP contribution < -0.4 is 4.90 Å². The van der Waals surface area contributed by atoms with Crippen LogP contribution in [0.15, 0.2) is 24.5 Å². The highest BCUT2D eigenvalue weighted by molar-refractivity contribution is 5.94. The molecule has 34 heavy (non-hydrogen) atoms. The van der Waals surface area contributed by atoms with E-state index in [1.54, 1.807) is 18.5 Å². The molecule has 7 nitrogen and oxygen atoms in total. The summed E-state index contributed by atoms with van der Waals surface area (Å²) >= 11 is 0. The van der Waals surface area contributed by atoms with Gasteiger partial charge in [0.2, 0.25) is 0 Å². The number of ether oxygens (including phenoxy) is 1. The maximum Gasteiger partial charge on any atom is 0.255 e. The van der Waals surface area contributed by atoms with Gasteiger partial charge in [-0.1, -0.05) is 13.8 Å². The van der Waals surface area contributed by atoms with Crippen molar-refractivity contribution in [3.63, 3.8) is 0 Å². The first-order chi connectivity index (χ1) is 16.3. The van der Waals surface area contributed by atoms with E-state index in [0.717, 1.165) is 35.5 Å². The van der Waals surface area contributed by atoms with Crippen LogP contribution in [0.5, 0.6) is 0 Å². The fourth-order valence-electron chi connectivity index (χ4n) is 5.30. The van der Waals surface area contributed by atoms with Gasteiger partial charge in [0.25, 0.3) is 5.91 Å². The Morgan fingerprint density at radius 1 is 1.26 bits per heavy atom. The zero-order chi connectivity index (χ0) is 24.0. The van der Waals surface area contributed by atoms with E-state index < -0.39 is 0 Å². The number of amides is 1. The lowest BCUT2D eigenvalue weighted by Crippen LogP contribution is -2.57. The van der Waals surface area contributed by atoms with Crippen LogP contribution in [0.2, 0.25) is 0 Å². The zero-order valence-electron chi connectivity index (χ0n) is 20.5. The van der Waals surface area contributed by atoms with E-state index in [1.807, 2.05) is 11.0 Å². The first-order valence-electron chi connectivity index (χ1n) is 12.3. The Morgan fingerprint density at radius 2 is 2.06 bits per heavy atom. The molecular weight excluding hydrogens is 426 g/mol. The number of hydrogen-bond donors (Lipinski definition) is 0. The third-order valence-corrected chi connectivity index (χ3v) is 7.37. The van der Waals surface area contributed by atoms with Gasteiger partial charge in [-0.25, -0.2) is 4.98 Å². The molecule has 3 aliphatic rings.